The van der Waals surface area contributed by atoms with E-state index in [1.54, 1.807) is 6.07 Å². The molecule has 0 saturated carbocycles. The van der Waals surface area contributed by atoms with Crippen LogP contribution in [0.1, 0.15) is 25.8 Å². The van der Waals surface area contributed by atoms with Crippen molar-refractivity contribution in [3.63, 3.8) is 0 Å². The van der Waals surface area contributed by atoms with Gasteiger partial charge in [0.1, 0.15) is 4.21 Å². The van der Waals surface area contributed by atoms with Crippen molar-refractivity contribution in [1.29, 1.82) is 0 Å². The summed E-state index contributed by atoms with van der Waals surface area (Å²) < 4.78 is 27.2. The van der Waals surface area contributed by atoms with Gasteiger partial charge in [-0.25, -0.2) is 13.1 Å². The average molecular weight is 319 g/mol. The summed E-state index contributed by atoms with van der Waals surface area (Å²) in [6.45, 7) is 7.88. The van der Waals surface area contributed by atoms with Gasteiger partial charge in [0.2, 0.25) is 10.0 Å². The van der Waals surface area contributed by atoms with Crippen molar-refractivity contribution < 1.29 is 8.42 Å². The van der Waals surface area contributed by atoms with Gasteiger partial charge in [0.15, 0.2) is 0 Å². The van der Waals surface area contributed by atoms with Crippen LogP contribution in [0, 0.1) is 0 Å². The molecule has 0 aliphatic carbocycles. The summed E-state index contributed by atoms with van der Waals surface area (Å²) in [6, 6.07) is 1.75. The van der Waals surface area contributed by atoms with Crippen LogP contribution in [0.5, 0.6) is 0 Å². The molecule has 0 spiro atoms. The second-order valence-electron chi connectivity index (χ2n) is 4.74. The summed E-state index contributed by atoms with van der Waals surface area (Å²) >= 11 is 1.28. The number of thiophene rings is 1. The quantitative estimate of drug-likeness (QED) is 0.641. The molecule has 0 fully saturated rings. The fraction of sp³-hybridized carbons (Fsp3) is 0.692. The molecule has 0 saturated heterocycles. The highest BCUT2D eigenvalue weighted by Crippen LogP contribution is 2.19. The zero-order valence-corrected chi connectivity index (χ0v) is 14.1. The van der Waals surface area contributed by atoms with Crippen molar-refractivity contribution in [3.8, 4) is 0 Å². The number of rotatable bonds is 10. The lowest BCUT2D eigenvalue weighted by Crippen LogP contribution is -2.32. The minimum absolute atomic E-state index is 0.393. The van der Waals surface area contributed by atoms with Crippen LogP contribution < -0.4 is 10.0 Å². The lowest BCUT2D eigenvalue weighted by atomic mass is 10.3. The Bertz CT molecular complexity index is 486. The molecule has 0 aliphatic rings. The van der Waals surface area contributed by atoms with Crippen LogP contribution in [0.25, 0.3) is 0 Å². The lowest BCUT2D eigenvalue weighted by molar-refractivity contribution is 0.358. The predicted molar refractivity (Wildman–Crippen MR) is 84.7 cm³/mol. The summed E-state index contributed by atoms with van der Waals surface area (Å²) in [6.07, 6.45) is 1.07. The summed E-state index contributed by atoms with van der Waals surface area (Å²) in [5, 5.41) is 5.16. The first-order valence-corrected chi connectivity index (χ1v) is 9.32. The van der Waals surface area contributed by atoms with Crippen molar-refractivity contribution in [2.24, 2.45) is 0 Å². The Morgan fingerprint density at radius 3 is 2.70 bits per heavy atom. The van der Waals surface area contributed by atoms with Crippen LogP contribution in [-0.2, 0) is 16.6 Å². The molecule has 1 rings (SSSR count). The molecule has 5 nitrogen and oxygen atoms in total. The minimum atomic E-state index is -3.36. The smallest absolute Gasteiger partial charge is 0.250 e. The van der Waals surface area contributed by atoms with E-state index in [0.717, 1.165) is 31.6 Å². The SMILES string of the molecule is CCCNCc1csc(S(=O)(=O)NCCN(C)CC)c1. The molecular weight excluding hydrogens is 294 g/mol. The first-order chi connectivity index (χ1) is 9.49. The molecular formula is C13H25N3O2S2. The van der Waals surface area contributed by atoms with E-state index >= 15 is 0 Å². The van der Waals surface area contributed by atoms with Crippen LogP contribution in [0.2, 0.25) is 0 Å². The van der Waals surface area contributed by atoms with Gasteiger partial charge in [-0.15, -0.1) is 11.3 Å². The largest absolute Gasteiger partial charge is 0.313 e. The van der Waals surface area contributed by atoms with Crippen molar-refractivity contribution in [2.75, 3.05) is 33.2 Å². The van der Waals surface area contributed by atoms with Crippen LogP contribution in [0.15, 0.2) is 15.7 Å². The van der Waals surface area contributed by atoms with Gasteiger partial charge < -0.3 is 10.2 Å². The van der Waals surface area contributed by atoms with Crippen molar-refractivity contribution in [1.82, 2.24) is 14.9 Å². The number of nitrogens with one attached hydrogen (secondary N) is 2. The Labute approximate surface area is 126 Å². The number of hydrogen-bond acceptors (Lipinski definition) is 5. The van der Waals surface area contributed by atoms with Gasteiger partial charge in [0.25, 0.3) is 0 Å². The Morgan fingerprint density at radius 2 is 2.05 bits per heavy atom. The maximum atomic E-state index is 12.1. The number of likely N-dealkylation sites (N-methyl/N-ethyl adjacent to an activating group) is 1. The van der Waals surface area contributed by atoms with Gasteiger partial charge in [0.05, 0.1) is 0 Å². The highest BCUT2D eigenvalue weighted by molar-refractivity contribution is 7.91. The van der Waals surface area contributed by atoms with E-state index < -0.39 is 10.0 Å². The Morgan fingerprint density at radius 1 is 1.30 bits per heavy atom. The van der Waals surface area contributed by atoms with E-state index in [2.05, 4.69) is 21.9 Å². The third-order valence-electron chi connectivity index (χ3n) is 2.98. The monoisotopic (exact) mass is 319 g/mol. The highest BCUT2D eigenvalue weighted by Gasteiger charge is 2.16. The van der Waals surface area contributed by atoms with E-state index in [4.69, 9.17) is 0 Å². The van der Waals surface area contributed by atoms with Gasteiger partial charge in [-0.2, -0.15) is 0 Å². The molecule has 20 heavy (non-hydrogen) atoms. The van der Waals surface area contributed by atoms with Crippen molar-refractivity contribution in [3.05, 3.63) is 17.0 Å². The molecule has 0 bridgehead atoms. The first-order valence-electron chi connectivity index (χ1n) is 6.96. The van der Waals surface area contributed by atoms with Crippen LogP contribution >= 0.6 is 11.3 Å². The zero-order valence-electron chi connectivity index (χ0n) is 12.5. The summed E-state index contributed by atoms with van der Waals surface area (Å²) in [7, 11) is -1.39. The lowest BCUT2D eigenvalue weighted by Gasteiger charge is -2.13. The normalized spacial score (nSPS) is 12.2. The fourth-order valence-electron chi connectivity index (χ4n) is 1.60. The molecule has 116 valence electrons. The summed E-state index contributed by atoms with van der Waals surface area (Å²) in [4.78, 5) is 2.07. The van der Waals surface area contributed by atoms with Crippen LogP contribution in [-0.4, -0.2) is 46.5 Å². The molecule has 1 heterocycles. The number of sulfonamides is 1. The molecule has 1 aromatic heterocycles. The molecule has 0 amide bonds. The first kappa shape index (κ1) is 17.6. The van der Waals surface area contributed by atoms with Crippen molar-refractivity contribution >= 4 is 21.4 Å². The summed E-state index contributed by atoms with van der Waals surface area (Å²) in [5.41, 5.74) is 1.02. The predicted octanol–water partition coefficient (Wildman–Crippen LogP) is 1.48. The third kappa shape index (κ3) is 5.88. The standard InChI is InChI=1S/C13H25N3O2S2/c1-4-6-14-10-12-9-13(19-11-12)20(17,18)15-7-8-16(3)5-2/h9,11,14-15H,4-8,10H2,1-3H3. The van der Waals surface area contributed by atoms with Gasteiger partial charge in [-0.05, 0) is 43.6 Å². The molecule has 0 aliphatic heterocycles. The molecule has 7 heteroatoms. The van der Waals surface area contributed by atoms with E-state index in [1.807, 2.05) is 19.4 Å². The van der Waals surface area contributed by atoms with E-state index in [-0.39, 0.29) is 0 Å². The van der Waals surface area contributed by atoms with E-state index in [0.29, 0.717) is 17.3 Å². The Kier molecular flexibility index (Phi) is 7.68. The second-order valence-corrected chi connectivity index (χ2v) is 7.65. The van der Waals surface area contributed by atoms with Gasteiger partial charge in [0, 0.05) is 19.6 Å². The molecule has 0 radical (unpaired) electrons. The molecule has 0 atom stereocenters. The topological polar surface area (TPSA) is 61.4 Å². The fourth-order valence-corrected chi connectivity index (χ4v) is 3.87. The van der Waals surface area contributed by atoms with Gasteiger partial charge in [-0.1, -0.05) is 13.8 Å². The van der Waals surface area contributed by atoms with E-state index in [9.17, 15) is 8.42 Å². The van der Waals surface area contributed by atoms with Crippen LogP contribution in [0.4, 0.5) is 0 Å². The molecule has 1 aromatic rings. The Hall–Kier alpha value is -0.470. The maximum absolute atomic E-state index is 12.1. The van der Waals surface area contributed by atoms with Crippen molar-refractivity contribution in [2.45, 2.75) is 31.0 Å². The zero-order chi connectivity index (χ0) is 15.0. The average Bonchev–Trinajstić information content (AvgIpc) is 2.88. The maximum Gasteiger partial charge on any atom is 0.250 e. The molecule has 2 N–H and O–H groups in total. The highest BCUT2D eigenvalue weighted by atomic mass is 32.2. The van der Waals surface area contributed by atoms with Gasteiger partial charge in [-0.3, -0.25) is 0 Å². The summed E-state index contributed by atoms with van der Waals surface area (Å²) in [5.74, 6) is 0. The molecule has 0 unspecified atom stereocenters. The second kappa shape index (κ2) is 8.74. The minimum Gasteiger partial charge on any atom is -0.313 e. The number of nitrogens with zero attached hydrogens (tertiary/aromatic N) is 1. The van der Waals surface area contributed by atoms with E-state index in [1.165, 1.54) is 11.3 Å². The van der Waals surface area contributed by atoms with Crippen LogP contribution in [0.3, 0.4) is 0 Å². The number of hydrogen-bond donors (Lipinski definition) is 2. The Balaban J connectivity index is 2.50. The molecule has 0 aromatic carbocycles. The van der Waals surface area contributed by atoms with Gasteiger partial charge >= 0.3 is 0 Å². The third-order valence-corrected chi connectivity index (χ3v) is 5.93.